The first-order valence-electron chi connectivity index (χ1n) is 4.90. The zero-order chi connectivity index (χ0) is 11.8. The molecule has 0 aliphatic rings. The second-order valence-corrected chi connectivity index (χ2v) is 2.89. The first-order chi connectivity index (χ1) is 7.79. The van der Waals surface area contributed by atoms with Crippen molar-refractivity contribution in [2.75, 3.05) is 13.5 Å². The summed E-state index contributed by atoms with van der Waals surface area (Å²) in [6.07, 6.45) is 1.08. The average molecular weight is 224 g/mol. The van der Waals surface area contributed by atoms with Gasteiger partial charge in [0.15, 0.2) is 0 Å². The largest absolute Gasteiger partial charge is 0.470 e. The van der Waals surface area contributed by atoms with E-state index in [1.54, 1.807) is 31.2 Å². The highest BCUT2D eigenvalue weighted by Crippen LogP contribution is 2.15. The van der Waals surface area contributed by atoms with Gasteiger partial charge in [0.1, 0.15) is 11.8 Å². The number of esters is 1. The summed E-state index contributed by atoms with van der Waals surface area (Å²) in [6, 6.07) is 8.83. The van der Waals surface area contributed by atoms with Gasteiger partial charge in [-0.15, -0.1) is 0 Å². The molecule has 0 unspecified atom stereocenters. The Hall–Kier alpha value is -1.84. The lowest BCUT2D eigenvalue weighted by Crippen LogP contribution is -2.07. The molecule has 0 aromatic heterocycles. The van der Waals surface area contributed by atoms with Gasteiger partial charge in [-0.3, -0.25) is 0 Å². The van der Waals surface area contributed by atoms with Crippen LogP contribution in [0.1, 0.15) is 12.5 Å². The fourth-order valence-electron chi connectivity index (χ4n) is 1.18. The molecule has 0 radical (unpaired) electrons. The maximum atomic E-state index is 11.9. The molecule has 0 aliphatic heterocycles. The third-order valence-electron chi connectivity index (χ3n) is 1.84. The second-order valence-electron chi connectivity index (χ2n) is 2.89. The van der Waals surface area contributed by atoms with Crippen molar-refractivity contribution in [1.29, 1.82) is 0 Å². The summed E-state index contributed by atoms with van der Waals surface area (Å²) in [7, 11) is 0. The molecule has 1 aromatic carbocycles. The van der Waals surface area contributed by atoms with Crippen molar-refractivity contribution >= 4 is 11.5 Å². The molecule has 3 nitrogen and oxygen atoms in total. The molecule has 0 spiro atoms. The fraction of sp³-hybridized carbons (Fsp3) is 0.250. The summed E-state index contributed by atoms with van der Waals surface area (Å²) < 4.78 is 21.2. The van der Waals surface area contributed by atoms with E-state index >= 15 is 0 Å². The molecule has 0 heterocycles. The zero-order valence-corrected chi connectivity index (χ0v) is 8.98. The topological polar surface area (TPSA) is 35.5 Å². The lowest BCUT2D eigenvalue weighted by molar-refractivity contribution is -0.136. The lowest BCUT2D eigenvalue weighted by atomic mass is 10.1. The maximum Gasteiger partial charge on any atom is 0.341 e. The summed E-state index contributed by atoms with van der Waals surface area (Å²) >= 11 is 0. The predicted molar refractivity (Wildman–Crippen MR) is 58.1 cm³/mol. The number of benzene rings is 1. The van der Waals surface area contributed by atoms with Gasteiger partial charge >= 0.3 is 5.97 Å². The van der Waals surface area contributed by atoms with Crippen LogP contribution in [0.3, 0.4) is 0 Å². The van der Waals surface area contributed by atoms with Gasteiger partial charge in [-0.2, -0.15) is 0 Å². The molecule has 4 heteroatoms. The Balaban J connectivity index is 2.92. The van der Waals surface area contributed by atoms with E-state index in [0.717, 1.165) is 6.26 Å². The van der Waals surface area contributed by atoms with Crippen LogP contribution in [0.4, 0.5) is 4.39 Å². The van der Waals surface area contributed by atoms with E-state index in [9.17, 15) is 9.18 Å². The number of rotatable bonds is 5. The Bertz CT molecular complexity index is 360. The smallest absolute Gasteiger partial charge is 0.341 e. The SMILES string of the molecule is CCOC(=O)C(=COCF)c1ccccc1. The van der Waals surface area contributed by atoms with E-state index in [-0.39, 0.29) is 12.2 Å². The molecule has 0 saturated heterocycles. The van der Waals surface area contributed by atoms with Gasteiger partial charge in [-0.05, 0) is 12.5 Å². The van der Waals surface area contributed by atoms with Crippen molar-refractivity contribution in [2.45, 2.75) is 6.92 Å². The van der Waals surface area contributed by atoms with E-state index in [4.69, 9.17) is 4.74 Å². The highest BCUT2D eigenvalue weighted by molar-refractivity contribution is 6.16. The minimum absolute atomic E-state index is 0.208. The molecule has 0 fully saturated rings. The van der Waals surface area contributed by atoms with Crippen molar-refractivity contribution in [1.82, 2.24) is 0 Å². The van der Waals surface area contributed by atoms with E-state index in [1.807, 2.05) is 6.07 Å². The van der Waals surface area contributed by atoms with Crippen LogP contribution >= 0.6 is 0 Å². The third kappa shape index (κ3) is 3.38. The lowest BCUT2D eigenvalue weighted by Gasteiger charge is -2.06. The monoisotopic (exact) mass is 224 g/mol. The molecule has 1 aromatic rings. The van der Waals surface area contributed by atoms with E-state index < -0.39 is 12.8 Å². The quantitative estimate of drug-likeness (QED) is 0.438. The van der Waals surface area contributed by atoms with Crippen LogP contribution in [0, 0.1) is 0 Å². The summed E-state index contributed by atoms with van der Waals surface area (Å²) in [5, 5.41) is 0. The van der Waals surface area contributed by atoms with Crippen molar-refractivity contribution in [2.24, 2.45) is 0 Å². The van der Waals surface area contributed by atoms with E-state index in [0.29, 0.717) is 5.56 Å². The third-order valence-corrected chi connectivity index (χ3v) is 1.84. The number of carbonyl (C=O) groups is 1. The number of halogens is 1. The summed E-state index contributed by atoms with van der Waals surface area (Å²) in [4.78, 5) is 11.6. The highest BCUT2D eigenvalue weighted by atomic mass is 19.1. The number of ether oxygens (including phenoxy) is 2. The molecule has 0 aliphatic carbocycles. The Morgan fingerprint density at radius 1 is 1.38 bits per heavy atom. The summed E-state index contributed by atoms with van der Waals surface area (Å²) in [5.74, 6) is -0.526. The number of hydrogen-bond acceptors (Lipinski definition) is 3. The number of hydrogen-bond donors (Lipinski definition) is 0. The molecule has 0 N–H and O–H groups in total. The average Bonchev–Trinajstić information content (AvgIpc) is 2.31. The molecular weight excluding hydrogens is 211 g/mol. The van der Waals surface area contributed by atoms with Crippen molar-refractivity contribution in [3.8, 4) is 0 Å². The first kappa shape index (κ1) is 12.2. The van der Waals surface area contributed by atoms with Crippen molar-refractivity contribution in [3.05, 3.63) is 42.2 Å². The van der Waals surface area contributed by atoms with E-state index in [1.165, 1.54) is 0 Å². The molecule has 0 amide bonds. The van der Waals surface area contributed by atoms with Crippen LogP contribution in [0.2, 0.25) is 0 Å². The fourth-order valence-corrected chi connectivity index (χ4v) is 1.18. The first-order valence-corrected chi connectivity index (χ1v) is 4.90. The molecule has 1 rings (SSSR count). The van der Waals surface area contributed by atoms with Crippen LogP contribution < -0.4 is 0 Å². The minimum Gasteiger partial charge on any atom is -0.470 e. The second kappa shape index (κ2) is 6.61. The van der Waals surface area contributed by atoms with Gasteiger partial charge in [0.25, 0.3) is 0 Å². The maximum absolute atomic E-state index is 11.9. The van der Waals surface area contributed by atoms with Crippen LogP contribution in [-0.2, 0) is 14.3 Å². The van der Waals surface area contributed by atoms with Gasteiger partial charge in [0.05, 0.1) is 6.61 Å². The zero-order valence-electron chi connectivity index (χ0n) is 8.98. The number of alkyl halides is 1. The van der Waals surface area contributed by atoms with Gasteiger partial charge in [0, 0.05) is 0 Å². The van der Waals surface area contributed by atoms with Gasteiger partial charge in [0.2, 0.25) is 6.86 Å². The van der Waals surface area contributed by atoms with Crippen LogP contribution in [-0.4, -0.2) is 19.4 Å². The van der Waals surface area contributed by atoms with Crippen molar-refractivity contribution < 1.29 is 18.7 Å². The van der Waals surface area contributed by atoms with E-state index in [2.05, 4.69) is 4.74 Å². The predicted octanol–water partition coefficient (Wildman–Crippen LogP) is 2.53. The molecule has 0 atom stereocenters. The number of carbonyl (C=O) groups excluding carboxylic acids is 1. The molecule has 0 bridgehead atoms. The highest BCUT2D eigenvalue weighted by Gasteiger charge is 2.13. The summed E-state index contributed by atoms with van der Waals surface area (Å²) in [6.45, 7) is 0.991. The van der Waals surface area contributed by atoms with Gasteiger partial charge in [-0.25, -0.2) is 9.18 Å². The summed E-state index contributed by atoms with van der Waals surface area (Å²) in [5.41, 5.74) is 0.842. The Morgan fingerprint density at radius 2 is 2.06 bits per heavy atom. The molecule has 86 valence electrons. The molecule has 16 heavy (non-hydrogen) atoms. The molecule has 0 saturated carbocycles. The Labute approximate surface area is 93.5 Å². The van der Waals surface area contributed by atoms with Gasteiger partial charge < -0.3 is 9.47 Å². The van der Waals surface area contributed by atoms with Crippen LogP contribution in [0.15, 0.2) is 36.6 Å². The Kier molecular flexibility index (Phi) is 5.05. The minimum atomic E-state index is -0.976. The molecular formula is C12H13FO3. The standard InChI is InChI=1S/C12H13FO3/c1-2-16-12(14)11(8-15-9-13)10-6-4-3-5-7-10/h3-8H,2,9H2,1H3. The van der Waals surface area contributed by atoms with Crippen LogP contribution in [0.5, 0.6) is 0 Å². The van der Waals surface area contributed by atoms with Gasteiger partial charge in [-0.1, -0.05) is 30.3 Å². The Morgan fingerprint density at radius 3 is 2.62 bits per heavy atom. The van der Waals surface area contributed by atoms with Crippen molar-refractivity contribution in [3.63, 3.8) is 0 Å². The van der Waals surface area contributed by atoms with Crippen LogP contribution in [0.25, 0.3) is 5.57 Å². The normalized spacial score (nSPS) is 11.0.